The lowest BCUT2D eigenvalue weighted by molar-refractivity contribution is -0.0369. The highest BCUT2D eigenvalue weighted by Crippen LogP contribution is 2.34. The SMILES string of the molecule is Cc1ccsc1CNCC1(N2CCOCC2)CCCCC1. The van der Waals surface area contributed by atoms with Crippen molar-refractivity contribution in [2.24, 2.45) is 0 Å². The first-order valence-corrected chi connectivity index (χ1v) is 9.25. The van der Waals surface area contributed by atoms with Crippen LogP contribution in [0.4, 0.5) is 0 Å². The van der Waals surface area contributed by atoms with Gasteiger partial charge in [0.1, 0.15) is 0 Å². The molecule has 0 atom stereocenters. The highest BCUT2D eigenvalue weighted by Gasteiger charge is 2.38. The molecule has 0 amide bonds. The Morgan fingerprint density at radius 3 is 2.67 bits per heavy atom. The van der Waals surface area contributed by atoms with Gasteiger partial charge in [0.25, 0.3) is 0 Å². The summed E-state index contributed by atoms with van der Waals surface area (Å²) in [6.45, 7) is 8.41. The summed E-state index contributed by atoms with van der Waals surface area (Å²) in [6.07, 6.45) is 6.89. The van der Waals surface area contributed by atoms with Gasteiger partial charge in [-0.15, -0.1) is 11.3 Å². The van der Waals surface area contributed by atoms with E-state index >= 15 is 0 Å². The number of morpholine rings is 1. The molecule has 0 bridgehead atoms. The number of thiophene rings is 1. The molecule has 0 spiro atoms. The highest BCUT2D eigenvalue weighted by atomic mass is 32.1. The Hall–Kier alpha value is -0.420. The van der Waals surface area contributed by atoms with Crippen molar-refractivity contribution in [1.82, 2.24) is 10.2 Å². The van der Waals surface area contributed by atoms with Gasteiger partial charge in [-0.25, -0.2) is 0 Å². The van der Waals surface area contributed by atoms with Gasteiger partial charge in [-0.2, -0.15) is 0 Å². The second kappa shape index (κ2) is 7.23. The molecule has 1 aromatic heterocycles. The maximum atomic E-state index is 5.55. The van der Waals surface area contributed by atoms with E-state index in [4.69, 9.17) is 4.74 Å². The molecule has 0 aromatic carbocycles. The fraction of sp³-hybridized carbons (Fsp3) is 0.765. The van der Waals surface area contributed by atoms with Crippen molar-refractivity contribution < 1.29 is 4.74 Å². The fourth-order valence-corrected chi connectivity index (χ4v) is 4.72. The summed E-state index contributed by atoms with van der Waals surface area (Å²) < 4.78 is 5.55. The summed E-state index contributed by atoms with van der Waals surface area (Å²) in [5.74, 6) is 0. The highest BCUT2D eigenvalue weighted by molar-refractivity contribution is 7.10. The molecule has 0 unspecified atom stereocenters. The molecule has 3 rings (SSSR count). The van der Waals surface area contributed by atoms with Crippen molar-refractivity contribution in [3.63, 3.8) is 0 Å². The lowest BCUT2D eigenvalue weighted by atomic mass is 9.79. The van der Waals surface area contributed by atoms with Crippen LogP contribution in [0.25, 0.3) is 0 Å². The normalized spacial score (nSPS) is 23.3. The van der Waals surface area contributed by atoms with E-state index in [1.54, 1.807) is 0 Å². The molecular weight excluding hydrogens is 280 g/mol. The Bertz CT molecular complexity index is 434. The molecule has 3 nitrogen and oxygen atoms in total. The van der Waals surface area contributed by atoms with Crippen molar-refractivity contribution in [2.75, 3.05) is 32.8 Å². The molecule has 2 aliphatic rings. The summed E-state index contributed by atoms with van der Waals surface area (Å²) in [5, 5.41) is 5.96. The van der Waals surface area contributed by atoms with Crippen LogP contribution in [0.5, 0.6) is 0 Å². The fourth-order valence-electron chi connectivity index (χ4n) is 3.85. The number of nitrogens with zero attached hydrogens (tertiary/aromatic N) is 1. The molecule has 1 aliphatic carbocycles. The quantitative estimate of drug-likeness (QED) is 0.904. The minimum absolute atomic E-state index is 0.382. The van der Waals surface area contributed by atoms with Crippen LogP contribution in [0.15, 0.2) is 11.4 Å². The van der Waals surface area contributed by atoms with Crippen LogP contribution in [0, 0.1) is 6.92 Å². The van der Waals surface area contributed by atoms with Gasteiger partial charge < -0.3 is 10.1 Å². The Balaban J connectivity index is 1.60. The zero-order chi connectivity index (χ0) is 14.5. The number of rotatable bonds is 5. The third-order valence-corrected chi connectivity index (χ3v) is 6.20. The van der Waals surface area contributed by atoms with Crippen LogP contribution in [0.3, 0.4) is 0 Å². The van der Waals surface area contributed by atoms with Gasteiger partial charge in [-0.1, -0.05) is 19.3 Å². The van der Waals surface area contributed by atoms with E-state index in [0.717, 1.165) is 39.4 Å². The number of hydrogen-bond donors (Lipinski definition) is 1. The van der Waals surface area contributed by atoms with Crippen molar-refractivity contribution >= 4 is 11.3 Å². The summed E-state index contributed by atoms with van der Waals surface area (Å²) in [6, 6.07) is 2.22. The summed E-state index contributed by atoms with van der Waals surface area (Å²) in [5.41, 5.74) is 1.81. The largest absolute Gasteiger partial charge is 0.379 e. The monoisotopic (exact) mass is 308 g/mol. The van der Waals surface area contributed by atoms with Crippen LogP contribution < -0.4 is 5.32 Å². The molecule has 1 N–H and O–H groups in total. The van der Waals surface area contributed by atoms with Crippen LogP contribution in [-0.2, 0) is 11.3 Å². The van der Waals surface area contributed by atoms with Crippen molar-refractivity contribution in [1.29, 1.82) is 0 Å². The topological polar surface area (TPSA) is 24.5 Å². The standard InChI is InChI=1S/C17H28N2OS/c1-15-5-12-21-16(15)13-18-14-17(6-3-2-4-7-17)19-8-10-20-11-9-19/h5,12,18H,2-4,6-11,13-14H2,1H3. The van der Waals surface area contributed by atoms with E-state index in [9.17, 15) is 0 Å². The minimum Gasteiger partial charge on any atom is -0.379 e. The van der Waals surface area contributed by atoms with Gasteiger partial charge >= 0.3 is 0 Å². The summed E-state index contributed by atoms with van der Waals surface area (Å²) in [7, 11) is 0. The van der Waals surface area contributed by atoms with Gasteiger partial charge in [0.15, 0.2) is 0 Å². The second-order valence-electron chi connectivity index (χ2n) is 6.51. The minimum atomic E-state index is 0.382. The molecule has 2 heterocycles. The van der Waals surface area contributed by atoms with Crippen LogP contribution in [0.2, 0.25) is 0 Å². The summed E-state index contributed by atoms with van der Waals surface area (Å²) in [4.78, 5) is 4.20. The van der Waals surface area contributed by atoms with E-state index in [1.165, 1.54) is 42.5 Å². The number of nitrogens with one attached hydrogen (secondary N) is 1. The Labute approximate surface area is 132 Å². The Morgan fingerprint density at radius 2 is 2.00 bits per heavy atom. The average molecular weight is 308 g/mol. The molecule has 1 aliphatic heterocycles. The second-order valence-corrected chi connectivity index (χ2v) is 7.52. The molecule has 21 heavy (non-hydrogen) atoms. The molecule has 0 radical (unpaired) electrons. The van der Waals surface area contributed by atoms with E-state index in [-0.39, 0.29) is 0 Å². The smallest absolute Gasteiger partial charge is 0.0594 e. The zero-order valence-corrected chi connectivity index (χ0v) is 14.0. The van der Waals surface area contributed by atoms with Crippen LogP contribution in [0.1, 0.15) is 42.5 Å². The van der Waals surface area contributed by atoms with Crippen molar-refractivity contribution in [3.8, 4) is 0 Å². The maximum absolute atomic E-state index is 5.55. The van der Waals surface area contributed by atoms with Gasteiger partial charge in [0.2, 0.25) is 0 Å². The molecule has 1 saturated carbocycles. The molecule has 1 saturated heterocycles. The van der Waals surface area contributed by atoms with E-state index < -0.39 is 0 Å². The Morgan fingerprint density at radius 1 is 1.24 bits per heavy atom. The Kier molecular flexibility index (Phi) is 5.33. The molecule has 118 valence electrons. The van der Waals surface area contributed by atoms with Crippen molar-refractivity contribution in [3.05, 3.63) is 21.9 Å². The lowest BCUT2D eigenvalue weighted by Gasteiger charge is -2.48. The first-order chi connectivity index (χ1) is 10.3. The van der Waals surface area contributed by atoms with Gasteiger partial charge in [0, 0.05) is 36.6 Å². The zero-order valence-electron chi connectivity index (χ0n) is 13.2. The average Bonchev–Trinajstić information content (AvgIpc) is 2.95. The lowest BCUT2D eigenvalue weighted by Crippen LogP contribution is -2.59. The first kappa shape index (κ1) is 15.5. The first-order valence-electron chi connectivity index (χ1n) is 8.37. The summed E-state index contributed by atoms with van der Waals surface area (Å²) >= 11 is 1.87. The van der Waals surface area contributed by atoms with E-state index in [2.05, 4.69) is 28.6 Å². The van der Waals surface area contributed by atoms with Crippen LogP contribution >= 0.6 is 11.3 Å². The predicted octanol–water partition coefficient (Wildman–Crippen LogP) is 3.18. The van der Waals surface area contributed by atoms with E-state index in [0.29, 0.717) is 5.54 Å². The molecule has 4 heteroatoms. The number of hydrogen-bond acceptors (Lipinski definition) is 4. The number of aryl methyl sites for hydroxylation is 1. The van der Waals surface area contributed by atoms with Gasteiger partial charge in [0.05, 0.1) is 13.2 Å². The predicted molar refractivity (Wildman–Crippen MR) is 89.0 cm³/mol. The third kappa shape index (κ3) is 3.67. The van der Waals surface area contributed by atoms with Crippen LogP contribution in [-0.4, -0.2) is 43.3 Å². The van der Waals surface area contributed by atoms with Gasteiger partial charge in [-0.05, 0) is 36.8 Å². The van der Waals surface area contributed by atoms with Crippen molar-refractivity contribution in [2.45, 2.75) is 51.1 Å². The molecule has 2 fully saturated rings. The van der Waals surface area contributed by atoms with E-state index in [1.807, 2.05) is 11.3 Å². The number of ether oxygens (including phenoxy) is 1. The molecular formula is C17H28N2OS. The van der Waals surface area contributed by atoms with Gasteiger partial charge in [-0.3, -0.25) is 4.90 Å². The molecule has 1 aromatic rings. The maximum Gasteiger partial charge on any atom is 0.0594 e. The third-order valence-electron chi connectivity index (χ3n) is 5.17.